The van der Waals surface area contributed by atoms with Gasteiger partial charge in [-0.2, -0.15) is 0 Å². The van der Waals surface area contributed by atoms with Crippen LogP contribution in [0.1, 0.15) is 11.1 Å². The van der Waals surface area contributed by atoms with E-state index in [1.54, 1.807) is 0 Å². The van der Waals surface area contributed by atoms with E-state index >= 15 is 0 Å². The van der Waals surface area contributed by atoms with Crippen molar-refractivity contribution >= 4 is 17.1 Å². The lowest BCUT2D eigenvalue weighted by Crippen LogP contribution is -2.25. The molecule has 0 aliphatic carbocycles. The number of hydrogen-bond donors (Lipinski definition) is 4. The highest BCUT2D eigenvalue weighted by atomic mass is 15.2. The Bertz CT molecular complexity index is 594. The van der Waals surface area contributed by atoms with E-state index in [-0.39, 0.29) is 6.17 Å². The van der Waals surface area contributed by atoms with E-state index in [4.69, 9.17) is 5.84 Å². The van der Waals surface area contributed by atoms with Gasteiger partial charge in [0.05, 0.1) is 17.1 Å². The molecule has 4 nitrogen and oxygen atoms in total. The highest BCUT2D eigenvalue weighted by molar-refractivity contribution is 5.75. The molecule has 0 fully saturated rings. The molecule has 1 aliphatic heterocycles. The Morgan fingerprint density at radius 3 is 2.74 bits per heavy atom. The molecule has 1 aliphatic rings. The summed E-state index contributed by atoms with van der Waals surface area (Å²) in [7, 11) is 0. The van der Waals surface area contributed by atoms with Gasteiger partial charge in [-0.15, -0.1) is 0 Å². The molecule has 0 amide bonds. The smallest absolute Gasteiger partial charge is 0.101 e. The van der Waals surface area contributed by atoms with Crippen molar-refractivity contribution in [3.63, 3.8) is 0 Å². The Hall–Kier alpha value is -2.20. The number of aryl methyl sites for hydroxylation is 1. The number of anilines is 3. The lowest BCUT2D eigenvalue weighted by Gasteiger charge is -2.15. The lowest BCUT2D eigenvalue weighted by atomic mass is 10.1. The van der Waals surface area contributed by atoms with Gasteiger partial charge in [-0.05, 0) is 36.2 Å². The van der Waals surface area contributed by atoms with Gasteiger partial charge in [0.25, 0.3) is 0 Å². The molecule has 2 aromatic carbocycles. The van der Waals surface area contributed by atoms with Crippen molar-refractivity contribution in [1.29, 1.82) is 0 Å². The predicted molar refractivity (Wildman–Crippen MR) is 80.2 cm³/mol. The minimum absolute atomic E-state index is 0.200. The standard InChI is InChI=1S/C15H18N4/c1-10-6-7-13-14(8-10)18-15(17-13)9-11-4-2-3-5-12(11)19-16/h2-8,15,17-19H,9,16H2,1H3. The van der Waals surface area contributed by atoms with Crippen LogP contribution in [-0.2, 0) is 6.42 Å². The third kappa shape index (κ3) is 2.35. The minimum atomic E-state index is 0.200. The van der Waals surface area contributed by atoms with Crippen LogP contribution in [0.5, 0.6) is 0 Å². The fourth-order valence-corrected chi connectivity index (χ4v) is 2.48. The Morgan fingerprint density at radius 1 is 1.11 bits per heavy atom. The number of fused-ring (bicyclic) bond motifs is 1. The van der Waals surface area contributed by atoms with E-state index in [0.29, 0.717) is 0 Å². The van der Waals surface area contributed by atoms with E-state index in [9.17, 15) is 0 Å². The number of nitrogens with one attached hydrogen (secondary N) is 3. The summed E-state index contributed by atoms with van der Waals surface area (Å²) in [5.74, 6) is 5.54. The second-order valence-electron chi connectivity index (χ2n) is 4.90. The molecule has 3 rings (SSSR count). The Balaban J connectivity index is 1.77. The van der Waals surface area contributed by atoms with E-state index in [1.165, 1.54) is 16.8 Å². The van der Waals surface area contributed by atoms with E-state index < -0.39 is 0 Å². The molecule has 0 saturated carbocycles. The van der Waals surface area contributed by atoms with Crippen molar-refractivity contribution < 1.29 is 0 Å². The maximum atomic E-state index is 5.54. The number of nitrogens with two attached hydrogens (primary N) is 1. The van der Waals surface area contributed by atoms with Crippen molar-refractivity contribution in [1.82, 2.24) is 0 Å². The molecule has 0 saturated heterocycles. The fourth-order valence-electron chi connectivity index (χ4n) is 2.48. The summed E-state index contributed by atoms with van der Waals surface area (Å²) in [6, 6.07) is 14.5. The van der Waals surface area contributed by atoms with Crippen LogP contribution >= 0.6 is 0 Å². The summed E-state index contributed by atoms with van der Waals surface area (Å²) >= 11 is 0. The topological polar surface area (TPSA) is 62.1 Å². The molecule has 1 unspecified atom stereocenters. The maximum absolute atomic E-state index is 5.54. The number of rotatable bonds is 3. The van der Waals surface area contributed by atoms with Crippen LogP contribution < -0.4 is 21.9 Å². The highest BCUT2D eigenvalue weighted by Gasteiger charge is 2.20. The molecule has 0 aromatic heterocycles. The van der Waals surface area contributed by atoms with Gasteiger partial charge in [0.15, 0.2) is 0 Å². The van der Waals surface area contributed by atoms with E-state index in [0.717, 1.165) is 17.8 Å². The molecular formula is C15H18N4. The monoisotopic (exact) mass is 254 g/mol. The largest absolute Gasteiger partial charge is 0.363 e. The van der Waals surface area contributed by atoms with Crippen LogP contribution in [0.4, 0.5) is 17.1 Å². The summed E-state index contributed by atoms with van der Waals surface area (Å²) in [5, 5.41) is 6.98. The molecule has 4 heteroatoms. The van der Waals surface area contributed by atoms with Gasteiger partial charge in [0.2, 0.25) is 0 Å². The van der Waals surface area contributed by atoms with Gasteiger partial charge in [-0.25, -0.2) is 0 Å². The third-order valence-electron chi connectivity index (χ3n) is 3.43. The van der Waals surface area contributed by atoms with Gasteiger partial charge in [0, 0.05) is 6.42 Å². The SMILES string of the molecule is Cc1ccc2c(c1)NC(Cc1ccccc1NN)N2. The molecular weight excluding hydrogens is 236 g/mol. The van der Waals surface area contributed by atoms with Crippen LogP contribution in [0, 0.1) is 6.92 Å². The molecule has 1 heterocycles. The average molecular weight is 254 g/mol. The minimum Gasteiger partial charge on any atom is -0.363 e. The fraction of sp³-hybridized carbons (Fsp3) is 0.200. The molecule has 2 aromatic rings. The van der Waals surface area contributed by atoms with Crippen LogP contribution in [0.3, 0.4) is 0 Å². The molecule has 5 N–H and O–H groups in total. The summed E-state index contributed by atoms with van der Waals surface area (Å²) in [5.41, 5.74) is 8.50. The molecule has 0 radical (unpaired) electrons. The summed E-state index contributed by atoms with van der Waals surface area (Å²) in [4.78, 5) is 0. The van der Waals surface area contributed by atoms with E-state index in [2.05, 4.69) is 47.2 Å². The Labute approximate surface area is 113 Å². The van der Waals surface area contributed by atoms with Crippen molar-refractivity contribution in [2.45, 2.75) is 19.5 Å². The van der Waals surface area contributed by atoms with Crippen molar-refractivity contribution in [3.8, 4) is 0 Å². The third-order valence-corrected chi connectivity index (χ3v) is 3.43. The second-order valence-corrected chi connectivity index (χ2v) is 4.90. The van der Waals surface area contributed by atoms with Crippen LogP contribution in [0.2, 0.25) is 0 Å². The summed E-state index contributed by atoms with van der Waals surface area (Å²) in [6.45, 7) is 2.10. The summed E-state index contributed by atoms with van der Waals surface area (Å²) < 4.78 is 0. The summed E-state index contributed by atoms with van der Waals surface area (Å²) in [6.07, 6.45) is 1.07. The van der Waals surface area contributed by atoms with Crippen LogP contribution in [-0.4, -0.2) is 6.17 Å². The first-order valence-electron chi connectivity index (χ1n) is 6.44. The number of para-hydroxylation sites is 1. The van der Waals surface area contributed by atoms with Crippen molar-refractivity contribution in [3.05, 3.63) is 53.6 Å². The van der Waals surface area contributed by atoms with Crippen LogP contribution in [0.15, 0.2) is 42.5 Å². The second kappa shape index (κ2) is 4.82. The zero-order chi connectivity index (χ0) is 13.2. The van der Waals surface area contributed by atoms with Gasteiger partial charge in [0.1, 0.15) is 6.17 Å². The number of benzene rings is 2. The molecule has 19 heavy (non-hydrogen) atoms. The average Bonchev–Trinajstić information content (AvgIpc) is 2.80. The Kier molecular flexibility index (Phi) is 3.01. The predicted octanol–water partition coefficient (Wildman–Crippen LogP) is 2.69. The normalized spacial score (nSPS) is 16.4. The number of nitrogen functional groups attached to an aromatic ring is 1. The lowest BCUT2D eigenvalue weighted by molar-refractivity contribution is 0.831. The molecule has 0 bridgehead atoms. The van der Waals surface area contributed by atoms with Gasteiger partial charge in [-0.1, -0.05) is 24.3 Å². The quantitative estimate of drug-likeness (QED) is 0.502. The zero-order valence-electron chi connectivity index (χ0n) is 10.9. The molecule has 1 atom stereocenters. The first-order valence-corrected chi connectivity index (χ1v) is 6.44. The van der Waals surface area contributed by atoms with Gasteiger partial charge < -0.3 is 16.1 Å². The maximum Gasteiger partial charge on any atom is 0.101 e. The zero-order valence-corrected chi connectivity index (χ0v) is 10.9. The van der Waals surface area contributed by atoms with Gasteiger partial charge in [-0.3, -0.25) is 5.84 Å². The van der Waals surface area contributed by atoms with Gasteiger partial charge >= 0.3 is 0 Å². The number of hydrazine groups is 1. The molecule has 0 spiro atoms. The Morgan fingerprint density at radius 2 is 1.89 bits per heavy atom. The first kappa shape index (κ1) is 11.9. The molecule has 98 valence electrons. The van der Waals surface area contributed by atoms with E-state index in [1.807, 2.05) is 18.2 Å². The van der Waals surface area contributed by atoms with Crippen LogP contribution in [0.25, 0.3) is 0 Å². The highest BCUT2D eigenvalue weighted by Crippen LogP contribution is 2.31. The number of hydrogen-bond acceptors (Lipinski definition) is 4. The first-order chi connectivity index (χ1) is 9.26. The van der Waals surface area contributed by atoms with Crippen molar-refractivity contribution in [2.75, 3.05) is 16.1 Å². The van der Waals surface area contributed by atoms with Crippen molar-refractivity contribution in [2.24, 2.45) is 5.84 Å².